The summed E-state index contributed by atoms with van der Waals surface area (Å²) < 4.78 is 0. The minimum atomic E-state index is 0.0434. The van der Waals surface area contributed by atoms with Crippen LogP contribution in [0.4, 0.5) is 0 Å². The van der Waals surface area contributed by atoms with Gasteiger partial charge in [-0.05, 0) is 38.8 Å². The van der Waals surface area contributed by atoms with Gasteiger partial charge in [0.15, 0.2) is 0 Å². The topological polar surface area (TPSA) is 49.6 Å². The first kappa shape index (κ1) is 14.8. The lowest BCUT2D eigenvalue weighted by molar-refractivity contribution is -0.138. The van der Waals surface area contributed by atoms with Crippen molar-refractivity contribution in [2.75, 3.05) is 27.2 Å². The Kier molecular flexibility index (Phi) is 4.51. The highest BCUT2D eigenvalue weighted by Gasteiger charge is 2.41. The molecule has 1 amide bonds. The summed E-state index contributed by atoms with van der Waals surface area (Å²) in [6.07, 6.45) is 3.31. The van der Waals surface area contributed by atoms with Gasteiger partial charge >= 0.3 is 0 Å². The second-order valence-corrected chi connectivity index (χ2v) is 6.85. The SMILES string of the molecule is CC1CCCC(N)C1C(=O)N1CC(C)C(N(C)C)C1. The van der Waals surface area contributed by atoms with Crippen molar-refractivity contribution in [2.45, 2.75) is 45.2 Å². The average Bonchev–Trinajstić information content (AvgIpc) is 2.71. The molecule has 0 aromatic rings. The van der Waals surface area contributed by atoms with Gasteiger partial charge in [-0.2, -0.15) is 0 Å². The summed E-state index contributed by atoms with van der Waals surface area (Å²) in [5.74, 6) is 1.33. The molecule has 0 radical (unpaired) electrons. The first-order chi connectivity index (χ1) is 8.91. The Morgan fingerprint density at radius 3 is 2.37 bits per heavy atom. The molecule has 0 aromatic carbocycles. The summed E-state index contributed by atoms with van der Waals surface area (Å²) >= 11 is 0. The van der Waals surface area contributed by atoms with Crippen molar-refractivity contribution in [1.82, 2.24) is 9.80 Å². The van der Waals surface area contributed by atoms with Gasteiger partial charge in [0, 0.05) is 25.2 Å². The van der Waals surface area contributed by atoms with Gasteiger partial charge in [-0.3, -0.25) is 4.79 Å². The normalized spacial score (nSPS) is 39.9. The summed E-state index contributed by atoms with van der Waals surface area (Å²) in [7, 11) is 4.20. The van der Waals surface area contributed by atoms with Gasteiger partial charge in [-0.15, -0.1) is 0 Å². The zero-order chi connectivity index (χ0) is 14.2. The molecule has 2 N–H and O–H groups in total. The number of hydrogen-bond acceptors (Lipinski definition) is 3. The number of likely N-dealkylation sites (N-methyl/N-ethyl adjacent to an activating group) is 1. The van der Waals surface area contributed by atoms with Crippen molar-refractivity contribution in [1.29, 1.82) is 0 Å². The van der Waals surface area contributed by atoms with Crippen LogP contribution in [0, 0.1) is 17.8 Å². The number of carbonyl (C=O) groups excluding carboxylic acids is 1. The first-order valence-electron chi connectivity index (χ1n) is 7.62. The fourth-order valence-corrected chi connectivity index (χ4v) is 3.90. The van der Waals surface area contributed by atoms with Crippen molar-refractivity contribution in [2.24, 2.45) is 23.5 Å². The third kappa shape index (κ3) is 2.95. The van der Waals surface area contributed by atoms with Crippen LogP contribution >= 0.6 is 0 Å². The summed E-state index contributed by atoms with van der Waals surface area (Å²) in [6.45, 7) is 6.17. The van der Waals surface area contributed by atoms with Crippen LogP contribution < -0.4 is 5.73 Å². The van der Waals surface area contributed by atoms with E-state index in [-0.39, 0.29) is 12.0 Å². The number of carbonyl (C=O) groups is 1. The second-order valence-electron chi connectivity index (χ2n) is 6.85. The van der Waals surface area contributed by atoms with Gasteiger partial charge in [0.25, 0.3) is 0 Å². The Balaban J connectivity index is 2.04. The number of nitrogens with zero attached hydrogens (tertiary/aromatic N) is 2. The van der Waals surface area contributed by atoms with Gasteiger partial charge in [-0.1, -0.05) is 20.3 Å². The lowest BCUT2D eigenvalue weighted by Crippen LogP contribution is -2.48. The molecule has 2 fully saturated rings. The predicted octanol–water partition coefficient (Wildman–Crippen LogP) is 1.16. The molecule has 1 saturated carbocycles. The molecule has 1 aliphatic heterocycles. The lowest BCUT2D eigenvalue weighted by atomic mass is 9.76. The molecule has 110 valence electrons. The molecule has 2 rings (SSSR count). The molecule has 2 aliphatic rings. The van der Waals surface area contributed by atoms with E-state index in [1.807, 2.05) is 0 Å². The van der Waals surface area contributed by atoms with Crippen LogP contribution in [-0.4, -0.2) is 55.0 Å². The maximum absolute atomic E-state index is 12.8. The summed E-state index contributed by atoms with van der Waals surface area (Å²) in [4.78, 5) is 17.1. The highest BCUT2D eigenvalue weighted by molar-refractivity contribution is 5.80. The van der Waals surface area contributed by atoms with Crippen LogP contribution in [0.1, 0.15) is 33.1 Å². The van der Waals surface area contributed by atoms with Crippen molar-refractivity contribution >= 4 is 5.91 Å². The van der Waals surface area contributed by atoms with Crippen molar-refractivity contribution < 1.29 is 4.79 Å². The Morgan fingerprint density at radius 2 is 1.84 bits per heavy atom. The molecule has 1 heterocycles. The van der Waals surface area contributed by atoms with Crippen LogP contribution in [0.3, 0.4) is 0 Å². The molecule has 5 atom stereocenters. The Labute approximate surface area is 117 Å². The van der Waals surface area contributed by atoms with Crippen LogP contribution in [0.5, 0.6) is 0 Å². The van der Waals surface area contributed by atoms with Crippen LogP contribution in [-0.2, 0) is 4.79 Å². The number of amides is 1. The Bertz CT molecular complexity index is 321. The van der Waals surface area contributed by atoms with Crippen LogP contribution in [0.15, 0.2) is 0 Å². The second kappa shape index (κ2) is 5.80. The smallest absolute Gasteiger partial charge is 0.227 e. The summed E-state index contributed by atoms with van der Waals surface area (Å²) in [6, 6.07) is 0.545. The average molecular weight is 267 g/mol. The molecular weight excluding hydrogens is 238 g/mol. The van der Waals surface area contributed by atoms with E-state index < -0.39 is 0 Å². The molecule has 5 unspecified atom stereocenters. The van der Waals surface area contributed by atoms with Crippen LogP contribution in [0.25, 0.3) is 0 Å². The van der Waals surface area contributed by atoms with Crippen molar-refractivity contribution in [3.63, 3.8) is 0 Å². The zero-order valence-corrected chi connectivity index (χ0v) is 12.8. The maximum atomic E-state index is 12.8. The number of likely N-dealkylation sites (tertiary alicyclic amines) is 1. The van der Waals surface area contributed by atoms with Crippen LogP contribution in [0.2, 0.25) is 0 Å². The molecule has 1 aliphatic carbocycles. The Morgan fingerprint density at radius 1 is 1.16 bits per heavy atom. The van der Waals surface area contributed by atoms with Gasteiger partial charge in [0.2, 0.25) is 5.91 Å². The highest BCUT2D eigenvalue weighted by atomic mass is 16.2. The number of hydrogen-bond donors (Lipinski definition) is 1. The summed E-state index contributed by atoms with van der Waals surface area (Å²) in [5, 5.41) is 0. The zero-order valence-electron chi connectivity index (χ0n) is 12.8. The van der Waals surface area contributed by atoms with E-state index in [0.717, 1.165) is 25.9 Å². The van der Waals surface area contributed by atoms with E-state index in [2.05, 4.69) is 37.7 Å². The minimum absolute atomic E-state index is 0.0434. The molecule has 0 aromatic heterocycles. The quantitative estimate of drug-likeness (QED) is 0.817. The van der Waals surface area contributed by atoms with E-state index >= 15 is 0 Å². The molecule has 4 heteroatoms. The van der Waals surface area contributed by atoms with E-state index in [9.17, 15) is 4.79 Å². The summed E-state index contributed by atoms with van der Waals surface area (Å²) in [5.41, 5.74) is 6.21. The monoisotopic (exact) mass is 267 g/mol. The highest BCUT2D eigenvalue weighted by Crippen LogP contribution is 2.32. The maximum Gasteiger partial charge on any atom is 0.227 e. The number of rotatable bonds is 2. The van der Waals surface area contributed by atoms with E-state index in [1.54, 1.807) is 0 Å². The first-order valence-corrected chi connectivity index (χ1v) is 7.62. The molecule has 0 bridgehead atoms. The van der Waals surface area contributed by atoms with E-state index in [1.165, 1.54) is 6.42 Å². The van der Waals surface area contributed by atoms with Gasteiger partial charge in [0.1, 0.15) is 0 Å². The Hall–Kier alpha value is -0.610. The molecule has 0 spiro atoms. The third-order valence-corrected chi connectivity index (χ3v) is 5.10. The molecule has 19 heavy (non-hydrogen) atoms. The molecular formula is C15H29N3O. The third-order valence-electron chi connectivity index (χ3n) is 5.10. The van der Waals surface area contributed by atoms with Crippen molar-refractivity contribution in [3.05, 3.63) is 0 Å². The number of nitrogens with two attached hydrogens (primary N) is 1. The van der Waals surface area contributed by atoms with Gasteiger partial charge in [-0.25, -0.2) is 0 Å². The molecule has 4 nitrogen and oxygen atoms in total. The van der Waals surface area contributed by atoms with Gasteiger partial charge < -0.3 is 15.5 Å². The fourth-order valence-electron chi connectivity index (χ4n) is 3.90. The predicted molar refractivity (Wildman–Crippen MR) is 77.7 cm³/mol. The lowest BCUT2D eigenvalue weighted by Gasteiger charge is -2.35. The van der Waals surface area contributed by atoms with E-state index in [0.29, 0.717) is 23.8 Å². The molecule has 1 saturated heterocycles. The largest absolute Gasteiger partial charge is 0.340 e. The van der Waals surface area contributed by atoms with Crippen molar-refractivity contribution in [3.8, 4) is 0 Å². The van der Waals surface area contributed by atoms with E-state index in [4.69, 9.17) is 5.73 Å². The standard InChI is InChI=1S/C15H29N3O/c1-10-6-5-7-12(16)14(10)15(19)18-8-11(2)13(9-18)17(3)4/h10-14H,5-9,16H2,1-4H3. The van der Waals surface area contributed by atoms with Gasteiger partial charge in [0.05, 0.1) is 5.92 Å². The fraction of sp³-hybridized carbons (Fsp3) is 0.933. The minimum Gasteiger partial charge on any atom is -0.340 e.